The first kappa shape index (κ1) is 8.61. The van der Waals surface area contributed by atoms with Crippen molar-refractivity contribution in [2.45, 2.75) is 6.92 Å². The number of hydrogen-bond donors (Lipinski definition) is 0. The number of allylic oxidation sites excluding steroid dienone is 1. The molecule has 1 aromatic carbocycles. The van der Waals surface area contributed by atoms with Gasteiger partial charge in [-0.05, 0) is 12.5 Å². The van der Waals surface area contributed by atoms with Crippen molar-refractivity contribution >= 4 is 18.3 Å². The van der Waals surface area contributed by atoms with Crippen LogP contribution < -0.4 is 5.46 Å². The summed E-state index contributed by atoms with van der Waals surface area (Å²) in [6.45, 7) is 5.79. The van der Waals surface area contributed by atoms with E-state index in [1.807, 2.05) is 37.2 Å². The third-order valence-corrected chi connectivity index (χ3v) is 1.63. The van der Waals surface area contributed by atoms with Crippen LogP contribution >= 0.6 is 0 Å². The normalized spacial score (nSPS) is 8.67. The van der Waals surface area contributed by atoms with E-state index in [4.69, 9.17) is 5.26 Å². The van der Waals surface area contributed by atoms with E-state index in [2.05, 4.69) is 6.58 Å². The molecule has 0 unspecified atom stereocenters. The van der Waals surface area contributed by atoms with E-state index >= 15 is 0 Å². The fraction of sp³-hybridized carbons (Fsp3) is 0.100. The van der Waals surface area contributed by atoms with E-state index in [1.54, 1.807) is 0 Å². The Morgan fingerprint density at radius 1 is 1.42 bits per heavy atom. The highest BCUT2D eigenvalue weighted by molar-refractivity contribution is 6.60. The molecule has 0 amide bonds. The highest BCUT2D eigenvalue weighted by atomic mass is 14.2. The van der Waals surface area contributed by atoms with Gasteiger partial charge in [0.1, 0.15) is 0 Å². The van der Waals surface area contributed by atoms with Crippen LogP contribution in [0.15, 0.2) is 30.8 Å². The summed E-state index contributed by atoms with van der Waals surface area (Å²) in [6, 6.07) is 7.75. The first-order valence-electron chi connectivity index (χ1n) is 3.73. The lowest BCUT2D eigenvalue weighted by atomic mass is 9.72. The topological polar surface area (TPSA) is 23.8 Å². The zero-order chi connectivity index (χ0) is 8.97. The minimum Gasteiger partial charge on any atom is -0.213 e. The highest BCUT2D eigenvalue weighted by Gasteiger charge is 1.95. The lowest BCUT2D eigenvalue weighted by molar-refractivity contribution is 1.56. The zero-order valence-corrected chi connectivity index (χ0v) is 7.04. The Morgan fingerprint density at radius 3 is 2.42 bits per heavy atom. The Hall–Kier alpha value is -1.49. The molecule has 0 aliphatic rings. The van der Waals surface area contributed by atoms with Crippen molar-refractivity contribution in [3.63, 3.8) is 0 Å². The van der Waals surface area contributed by atoms with Crippen molar-refractivity contribution in [3.05, 3.63) is 36.4 Å². The largest absolute Gasteiger partial charge is 0.291 e. The molecule has 0 N–H and O–H groups in total. The predicted octanol–water partition coefficient (Wildman–Crippen LogP) is 1.53. The van der Waals surface area contributed by atoms with Crippen molar-refractivity contribution in [1.82, 2.24) is 0 Å². The zero-order valence-electron chi connectivity index (χ0n) is 7.04. The summed E-state index contributed by atoms with van der Waals surface area (Å²) in [7, 11) is 1.52. The summed E-state index contributed by atoms with van der Waals surface area (Å²) >= 11 is 0. The number of rotatable bonds is 2. The van der Waals surface area contributed by atoms with Crippen LogP contribution in [0.3, 0.4) is 0 Å². The SMILES string of the molecule is C=C(C)c1ccc([B]C#N)cc1. The first-order chi connectivity index (χ1) is 5.74. The molecule has 0 aromatic heterocycles. The maximum Gasteiger partial charge on any atom is 0.291 e. The third-order valence-electron chi connectivity index (χ3n) is 1.63. The molecule has 0 saturated carbocycles. The summed E-state index contributed by atoms with van der Waals surface area (Å²) < 4.78 is 0. The van der Waals surface area contributed by atoms with Crippen molar-refractivity contribution in [3.8, 4) is 5.97 Å². The maximum atomic E-state index is 8.38. The summed E-state index contributed by atoms with van der Waals surface area (Å²) in [5, 5.41) is 8.38. The molecule has 0 saturated heterocycles. The van der Waals surface area contributed by atoms with E-state index in [1.165, 1.54) is 7.28 Å². The van der Waals surface area contributed by atoms with Gasteiger partial charge in [0.2, 0.25) is 0 Å². The second kappa shape index (κ2) is 3.78. The number of benzene rings is 1. The summed E-state index contributed by atoms with van der Waals surface area (Å²) in [6.07, 6.45) is 0. The van der Waals surface area contributed by atoms with Crippen LogP contribution in [0.25, 0.3) is 5.57 Å². The molecule has 0 atom stereocenters. The van der Waals surface area contributed by atoms with Crippen LogP contribution in [-0.4, -0.2) is 7.28 Å². The van der Waals surface area contributed by atoms with Crippen LogP contribution in [0.4, 0.5) is 0 Å². The first-order valence-corrected chi connectivity index (χ1v) is 3.73. The van der Waals surface area contributed by atoms with Gasteiger partial charge in [0.05, 0.1) is 0 Å². The number of nitriles is 1. The molecule has 0 aliphatic heterocycles. The van der Waals surface area contributed by atoms with Crippen LogP contribution in [0.5, 0.6) is 0 Å². The molecule has 0 bridgehead atoms. The monoisotopic (exact) mass is 154 g/mol. The molecule has 1 rings (SSSR count). The fourth-order valence-corrected chi connectivity index (χ4v) is 0.938. The van der Waals surface area contributed by atoms with Crippen molar-refractivity contribution in [2.24, 2.45) is 0 Å². The van der Waals surface area contributed by atoms with Gasteiger partial charge in [-0.3, -0.25) is 0 Å². The van der Waals surface area contributed by atoms with Crippen LogP contribution in [0.2, 0.25) is 0 Å². The minimum atomic E-state index is 0.933. The molecular weight excluding hydrogens is 145 g/mol. The molecule has 2 heteroatoms. The standard InChI is InChI=1S/C10H9BN/c1-8(2)9-3-5-10(6-4-9)11-7-12/h3-6H,1H2,2H3. The highest BCUT2D eigenvalue weighted by Crippen LogP contribution is 2.08. The molecule has 57 valence electrons. The Bertz CT molecular complexity index is 319. The van der Waals surface area contributed by atoms with Gasteiger partial charge in [-0.2, -0.15) is 0 Å². The molecule has 1 nitrogen and oxygen atoms in total. The van der Waals surface area contributed by atoms with Gasteiger partial charge in [0.15, 0.2) is 0 Å². The number of nitrogens with zero attached hydrogens (tertiary/aromatic N) is 1. The van der Waals surface area contributed by atoms with Crippen LogP contribution in [0, 0.1) is 11.2 Å². The van der Waals surface area contributed by atoms with Crippen molar-refractivity contribution < 1.29 is 0 Å². The molecule has 0 aliphatic carbocycles. The maximum absolute atomic E-state index is 8.38. The van der Waals surface area contributed by atoms with Gasteiger partial charge in [-0.15, -0.1) is 0 Å². The average Bonchev–Trinajstić information content (AvgIpc) is 2.06. The van der Waals surface area contributed by atoms with E-state index in [9.17, 15) is 0 Å². The van der Waals surface area contributed by atoms with Crippen molar-refractivity contribution in [1.29, 1.82) is 5.26 Å². The van der Waals surface area contributed by atoms with E-state index in [-0.39, 0.29) is 0 Å². The second-order valence-corrected chi connectivity index (χ2v) is 2.68. The Balaban J connectivity index is 2.87. The van der Waals surface area contributed by atoms with Crippen LogP contribution in [0.1, 0.15) is 12.5 Å². The lowest BCUT2D eigenvalue weighted by Crippen LogP contribution is -2.11. The summed E-state index contributed by atoms with van der Waals surface area (Å²) in [4.78, 5) is 0. The molecular formula is C10H9BN. The number of hydrogen-bond acceptors (Lipinski definition) is 1. The minimum absolute atomic E-state index is 0.933. The summed E-state index contributed by atoms with van der Waals surface area (Å²) in [5.74, 6) is 1.99. The van der Waals surface area contributed by atoms with Gasteiger partial charge in [0.25, 0.3) is 7.28 Å². The molecule has 12 heavy (non-hydrogen) atoms. The van der Waals surface area contributed by atoms with E-state index < -0.39 is 0 Å². The third kappa shape index (κ3) is 2.00. The van der Waals surface area contributed by atoms with Gasteiger partial charge in [-0.1, -0.05) is 41.9 Å². The molecule has 1 radical (unpaired) electrons. The van der Waals surface area contributed by atoms with E-state index in [0.717, 1.165) is 16.6 Å². The summed E-state index contributed by atoms with van der Waals surface area (Å²) in [5.41, 5.74) is 3.09. The van der Waals surface area contributed by atoms with Gasteiger partial charge in [0, 0.05) is 5.97 Å². The van der Waals surface area contributed by atoms with E-state index in [0.29, 0.717) is 0 Å². The predicted molar refractivity (Wildman–Crippen MR) is 52.2 cm³/mol. The van der Waals surface area contributed by atoms with Gasteiger partial charge in [-0.25, -0.2) is 5.26 Å². The molecule has 1 aromatic rings. The Kier molecular flexibility index (Phi) is 2.71. The Morgan fingerprint density at radius 2 is 2.00 bits per heavy atom. The van der Waals surface area contributed by atoms with Crippen LogP contribution in [-0.2, 0) is 0 Å². The van der Waals surface area contributed by atoms with Gasteiger partial charge < -0.3 is 0 Å². The second-order valence-electron chi connectivity index (χ2n) is 2.68. The van der Waals surface area contributed by atoms with Gasteiger partial charge >= 0.3 is 0 Å². The molecule has 0 heterocycles. The quantitative estimate of drug-likeness (QED) is 0.592. The van der Waals surface area contributed by atoms with Crippen molar-refractivity contribution in [2.75, 3.05) is 0 Å². The fourth-order valence-electron chi connectivity index (χ4n) is 0.938. The lowest BCUT2D eigenvalue weighted by Gasteiger charge is -1.99. The Labute approximate surface area is 73.6 Å². The molecule has 0 spiro atoms. The molecule has 0 fully saturated rings. The average molecular weight is 154 g/mol. The smallest absolute Gasteiger partial charge is 0.213 e.